The third-order valence-corrected chi connectivity index (χ3v) is 4.88. The van der Waals surface area contributed by atoms with Gasteiger partial charge in [-0.25, -0.2) is 4.79 Å². The number of ether oxygens (including phenoxy) is 1. The van der Waals surface area contributed by atoms with Crippen molar-refractivity contribution in [2.75, 3.05) is 5.32 Å². The topological polar surface area (TPSA) is 84.5 Å². The number of carbonyl (C=O) groups is 3. The van der Waals surface area contributed by atoms with Crippen molar-refractivity contribution in [2.24, 2.45) is 0 Å². The second-order valence-corrected chi connectivity index (χ2v) is 7.34. The molecule has 1 aromatic carbocycles. The molecule has 8 heteroatoms. The fraction of sp³-hybridized carbons (Fsp3) is 0.278. The molecule has 2 amide bonds. The van der Waals surface area contributed by atoms with Crippen LogP contribution in [0.25, 0.3) is 0 Å². The molecule has 0 saturated heterocycles. The van der Waals surface area contributed by atoms with Crippen LogP contribution in [0.5, 0.6) is 0 Å². The van der Waals surface area contributed by atoms with E-state index in [9.17, 15) is 14.4 Å². The summed E-state index contributed by atoms with van der Waals surface area (Å²) in [7, 11) is 0. The molecular weight excluding hydrogens is 376 g/mol. The smallest absolute Gasteiger partial charge is 0.341 e. The number of rotatable bonds is 6. The molecular formula is C18H17ClN2O4S. The van der Waals surface area contributed by atoms with Crippen LogP contribution in [0.4, 0.5) is 5.69 Å². The summed E-state index contributed by atoms with van der Waals surface area (Å²) >= 11 is 7.27. The summed E-state index contributed by atoms with van der Waals surface area (Å²) in [5.74, 6) is -1.39. The van der Waals surface area contributed by atoms with Crippen molar-refractivity contribution < 1.29 is 19.1 Å². The van der Waals surface area contributed by atoms with Gasteiger partial charge in [-0.05, 0) is 49.4 Å². The molecule has 6 nitrogen and oxygen atoms in total. The molecule has 0 unspecified atom stereocenters. The third kappa shape index (κ3) is 4.62. The second kappa shape index (κ2) is 7.88. The summed E-state index contributed by atoms with van der Waals surface area (Å²) in [4.78, 5) is 37.2. The van der Waals surface area contributed by atoms with Crippen LogP contribution in [0.1, 0.15) is 39.8 Å². The third-order valence-electron chi connectivity index (χ3n) is 3.77. The Kier molecular flexibility index (Phi) is 5.58. The van der Waals surface area contributed by atoms with Crippen molar-refractivity contribution in [1.82, 2.24) is 5.32 Å². The molecule has 1 aliphatic carbocycles. The molecule has 0 bridgehead atoms. The lowest BCUT2D eigenvalue weighted by Crippen LogP contribution is -2.37. The van der Waals surface area contributed by atoms with Crippen molar-refractivity contribution in [3.63, 3.8) is 0 Å². The van der Waals surface area contributed by atoms with Crippen LogP contribution in [0.2, 0.25) is 5.02 Å². The molecule has 1 fully saturated rings. The number of hydrogen-bond donors (Lipinski definition) is 2. The van der Waals surface area contributed by atoms with E-state index in [1.54, 1.807) is 17.5 Å². The van der Waals surface area contributed by atoms with E-state index in [1.807, 2.05) is 0 Å². The van der Waals surface area contributed by atoms with Gasteiger partial charge in [0.2, 0.25) is 0 Å². The summed E-state index contributed by atoms with van der Waals surface area (Å²) in [6.07, 6.45) is 0.963. The Morgan fingerprint density at radius 3 is 2.69 bits per heavy atom. The minimum atomic E-state index is -0.931. The van der Waals surface area contributed by atoms with Gasteiger partial charge < -0.3 is 15.4 Å². The number of amides is 2. The average Bonchev–Trinajstić information content (AvgIpc) is 3.23. The van der Waals surface area contributed by atoms with E-state index >= 15 is 0 Å². The number of thiophene rings is 1. The second-order valence-electron chi connectivity index (χ2n) is 5.95. The number of esters is 1. The van der Waals surface area contributed by atoms with Gasteiger partial charge in [0.15, 0.2) is 6.10 Å². The van der Waals surface area contributed by atoms with Gasteiger partial charge in [-0.3, -0.25) is 9.59 Å². The Labute approximate surface area is 159 Å². The predicted molar refractivity (Wildman–Crippen MR) is 99.8 cm³/mol. The molecule has 1 aliphatic rings. The van der Waals surface area contributed by atoms with Gasteiger partial charge in [0.05, 0.1) is 16.1 Å². The quantitative estimate of drug-likeness (QED) is 0.737. The maximum atomic E-state index is 12.5. The van der Waals surface area contributed by atoms with Crippen LogP contribution in [0.3, 0.4) is 0 Å². The van der Waals surface area contributed by atoms with Gasteiger partial charge in [0, 0.05) is 11.1 Å². The van der Waals surface area contributed by atoms with E-state index in [-0.39, 0.29) is 29.1 Å². The minimum absolute atomic E-state index is 0.130. The lowest BCUT2D eigenvalue weighted by Gasteiger charge is -2.15. The first-order chi connectivity index (χ1) is 12.4. The van der Waals surface area contributed by atoms with Crippen LogP contribution in [0.15, 0.2) is 35.7 Å². The molecule has 1 heterocycles. The van der Waals surface area contributed by atoms with E-state index in [0.29, 0.717) is 9.90 Å². The number of carbonyl (C=O) groups excluding carboxylic acids is 3. The lowest BCUT2D eigenvalue weighted by atomic mass is 10.1. The SMILES string of the molecule is C[C@H](OC(=O)c1ccc(Cl)cc1NC(=O)c1cccs1)C(=O)NC1CC1. The maximum Gasteiger partial charge on any atom is 0.341 e. The summed E-state index contributed by atoms with van der Waals surface area (Å²) in [6.45, 7) is 1.51. The highest BCUT2D eigenvalue weighted by Gasteiger charge is 2.28. The van der Waals surface area contributed by atoms with Crippen LogP contribution in [-0.4, -0.2) is 29.9 Å². The molecule has 1 aromatic heterocycles. The summed E-state index contributed by atoms with van der Waals surface area (Å²) in [6, 6.07) is 8.06. The van der Waals surface area contributed by atoms with Gasteiger partial charge in [-0.1, -0.05) is 17.7 Å². The summed E-state index contributed by atoms with van der Waals surface area (Å²) in [5, 5.41) is 7.59. The molecule has 0 aliphatic heterocycles. The monoisotopic (exact) mass is 392 g/mol. The van der Waals surface area contributed by atoms with Crippen LogP contribution >= 0.6 is 22.9 Å². The van der Waals surface area contributed by atoms with E-state index in [1.165, 1.54) is 36.5 Å². The van der Waals surface area contributed by atoms with Crippen molar-refractivity contribution in [3.8, 4) is 0 Å². The Hall–Kier alpha value is -2.38. The zero-order chi connectivity index (χ0) is 18.7. The van der Waals surface area contributed by atoms with E-state index in [2.05, 4.69) is 10.6 Å². The standard InChI is InChI=1S/C18H17ClN2O4S/c1-10(16(22)20-12-5-6-12)25-18(24)13-7-4-11(19)9-14(13)21-17(23)15-3-2-8-26-15/h2-4,7-10,12H,5-6H2,1H3,(H,20,22)(H,21,23)/t10-/m0/s1. The van der Waals surface area contributed by atoms with E-state index < -0.39 is 12.1 Å². The molecule has 3 rings (SSSR count). The minimum Gasteiger partial charge on any atom is -0.449 e. The number of halogens is 1. The van der Waals surface area contributed by atoms with Crippen molar-refractivity contribution in [2.45, 2.75) is 31.9 Å². The Morgan fingerprint density at radius 1 is 1.27 bits per heavy atom. The molecule has 1 saturated carbocycles. The predicted octanol–water partition coefficient (Wildman–Crippen LogP) is 3.48. The van der Waals surface area contributed by atoms with Gasteiger partial charge in [0.1, 0.15) is 0 Å². The molecule has 26 heavy (non-hydrogen) atoms. The molecule has 0 radical (unpaired) electrons. The van der Waals surface area contributed by atoms with Gasteiger partial charge in [-0.15, -0.1) is 11.3 Å². The highest BCUT2D eigenvalue weighted by atomic mass is 35.5. The number of hydrogen-bond acceptors (Lipinski definition) is 5. The van der Waals surface area contributed by atoms with Gasteiger partial charge in [0.25, 0.3) is 11.8 Å². The zero-order valence-corrected chi connectivity index (χ0v) is 15.5. The van der Waals surface area contributed by atoms with E-state index in [4.69, 9.17) is 16.3 Å². The maximum absolute atomic E-state index is 12.5. The number of benzene rings is 1. The Balaban J connectivity index is 1.72. The fourth-order valence-corrected chi connectivity index (χ4v) is 3.00. The number of anilines is 1. The van der Waals surface area contributed by atoms with Gasteiger partial charge >= 0.3 is 5.97 Å². The molecule has 2 N–H and O–H groups in total. The Bertz CT molecular complexity index is 834. The van der Waals surface area contributed by atoms with Crippen molar-refractivity contribution in [3.05, 3.63) is 51.2 Å². The molecule has 1 atom stereocenters. The fourth-order valence-electron chi connectivity index (χ4n) is 2.21. The van der Waals surface area contributed by atoms with Crippen LogP contribution in [-0.2, 0) is 9.53 Å². The lowest BCUT2D eigenvalue weighted by molar-refractivity contribution is -0.129. The first kappa shape index (κ1) is 18.4. The largest absolute Gasteiger partial charge is 0.449 e. The van der Waals surface area contributed by atoms with E-state index in [0.717, 1.165) is 12.8 Å². The number of nitrogens with one attached hydrogen (secondary N) is 2. The van der Waals surface area contributed by atoms with Gasteiger partial charge in [-0.2, -0.15) is 0 Å². The molecule has 0 spiro atoms. The van der Waals surface area contributed by atoms with Crippen molar-refractivity contribution in [1.29, 1.82) is 0 Å². The normalized spacial score (nSPS) is 14.4. The van der Waals surface area contributed by atoms with Crippen molar-refractivity contribution >= 4 is 46.4 Å². The summed E-state index contributed by atoms with van der Waals surface area (Å²) in [5.41, 5.74) is 0.362. The highest BCUT2D eigenvalue weighted by Crippen LogP contribution is 2.24. The highest BCUT2D eigenvalue weighted by molar-refractivity contribution is 7.12. The molecule has 136 valence electrons. The van der Waals surface area contributed by atoms with Crippen LogP contribution < -0.4 is 10.6 Å². The Morgan fingerprint density at radius 2 is 2.04 bits per heavy atom. The summed E-state index contributed by atoms with van der Waals surface area (Å²) < 4.78 is 5.24. The average molecular weight is 393 g/mol. The molecule has 2 aromatic rings. The first-order valence-corrected chi connectivity index (χ1v) is 9.35. The zero-order valence-electron chi connectivity index (χ0n) is 14.0. The van der Waals surface area contributed by atoms with Crippen LogP contribution in [0, 0.1) is 0 Å². The first-order valence-electron chi connectivity index (χ1n) is 8.10.